The van der Waals surface area contributed by atoms with E-state index >= 15 is 0 Å². The summed E-state index contributed by atoms with van der Waals surface area (Å²) in [5, 5.41) is 2.40. The standard InChI is InChI=1S/C26H24O/c1-3-24(20-12-6-4-7-13-20)27-25-18-19(2)26(21-14-8-5-9-15-21)23-17-11-10-16-22(23)25/h4-18,24H,3H2,1-2H3. The van der Waals surface area contributed by atoms with Crippen LogP contribution in [0.25, 0.3) is 21.9 Å². The van der Waals surface area contributed by atoms with Crippen molar-refractivity contribution < 1.29 is 4.74 Å². The third kappa shape index (κ3) is 3.46. The number of benzene rings is 4. The smallest absolute Gasteiger partial charge is 0.128 e. The van der Waals surface area contributed by atoms with Crippen molar-refractivity contribution in [3.8, 4) is 16.9 Å². The van der Waals surface area contributed by atoms with Crippen molar-refractivity contribution in [2.75, 3.05) is 0 Å². The van der Waals surface area contributed by atoms with E-state index in [1.54, 1.807) is 0 Å². The lowest BCUT2D eigenvalue weighted by Gasteiger charge is -2.21. The highest BCUT2D eigenvalue weighted by molar-refractivity contribution is 6.01. The molecule has 134 valence electrons. The molecule has 0 radical (unpaired) electrons. The molecule has 1 nitrogen and oxygen atoms in total. The fraction of sp³-hybridized carbons (Fsp3) is 0.154. The van der Waals surface area contributed by atoms with Gasteiger partial charge in [-0.2, -0.15) is 0 Å². The van der Waals surface area contributed by atoms with E-state index in [9.17, 15) is 0 Å². The van der Waals surface area contributed by atoms with Gasteiger partial charge in [0, 0.05) is 5.39 Å². The molecule has 1 atom stereocenters. The molecule has 0 N–H and O–H groups in total. The largest absolute Gasteiger partial charge is 0.485 e. The maximum absolute atomic E-state index is 6.53. The topological polar surface area (TPSA) is 9.23 Å². The Morgan fingerprint density at radius 2 is 1.33 bits per heavy atom. The van der Waals surface area contributed by atoms with E-state index in [0.717, 1.165) is 17.6 Å². The highest BCUT2D eigenvalue weighted by Gasteiger charge is 2.16. The van der Waals surface area contributed by atoms with Crippen molar-refractivity contribution in [3.63, 3.8) is 0 Å². The molecule has 4 aromatic rings. The van der Waals surface area contributed by atoms with Crippen LogP contribution in [0, 0.1) is 6.92 Å². The van der Waals surface area contributed by atoms with Crippen LogP contribution >= 0.6 is 0 Å². The molecule has 0 aliphatic rings. The van der Waals surface area contributed by atoms with E-state index in [2.05, 4.69) is 98.8 Å². The summed E-state index contributed by atoms with van der Waals surface area (Å²) in [6, 6.07) is 31.8. The van der Waals surface area contributed by atoms with Gasteiger partial charge in [0.15, 0.2) is 0 Å². The average Bonchev–Trinajstić information content (AvgIpc) is 2.73. The Morgan fingerprint density at radius 1 is 0.741 bits per heavy atom. The summed E-state index contributed by atoms with van der Waals surface area (Å²) in [4.78, 5) is 0. The first kappa shape index (κ1) is 17.4. The molecule has 0 heterocycles. The minimum atomic E-state index is 0.0524. The van der Waals surface area contributed by atoms with Crippen molar-refractivity contribution >= 4 is 10.8 Å². The van der Waals surface area contributed by atoms with Crippen LogP contribution in [0.2, 0.25) is 0 Å². The second kappa shape index (κ2) is 7.67. The Labute approximate surface area is 161 Å². The fourth-order valence-corrected chi connectivity index (χ4v) is 3.77. The van der Waals surface area contributed by atoms with Gasteiger partial charge in [-0.15, -0.1) is 0 Å². The maximum Gasteiger partial charge on any atom is 0.128 e. The van der Waals surface area contributed by atoms with Crippen LogP contribution in [0.5, 0.6) is 5.75 Å². The first-order valence-corrected chi connectivity index (χ1v) is 9.57. The van der Waals surface area contributed by atoms with Crippen molar-refractivity contribution in [2.45, 2.75) is 26.4 Å². The minimum absolute atomic E-state index is 0.0524. The third-order valence-electron chi connectivity index (χ3n) is 5.08. The average molecular weight is 352 g/mol. The molecule has 27 heavy (non-hydrogen) atoms. The van der Waals surface area contributed by atoms with Crippen molar-refractivity contribution in [1.82, 2.24) is 0 Å². The second-order valence-corrected chi connectivity index (χ2v) is 6.90. The van der Waals surface area contributed by atoms with Gasteiger partial charge < -0.3 is 4.74 Å². The van der Waals surface area contributed by atoms with Gasteiger partial charge in [0.05, 0.1) is 0 Å². The molecule has 0 spiro atoms. The molecule has 0 fully saturated rings. The van der Waals surface area contributed by atoms with E-state index in [-0.39, 0.29) is 6.10 Å². The SMILES string of the molecule is CCC(Oc1cc(C)c(-c2ccccc2)c2ccccc12)c1ccccc1. The van der Waals surface area contributed by atoms with Crippen LogP contribution in [0.15, 0.2) is 91.0 Å². The van der Waals surface area contributed by atoms with E-state index in [0.29, 0.717) is 0 Å². The number of hydrogen-bond acceptors (Lipinski definition) is 1. The van der Waals surface area contributed by atoms with Crippen LogP contribution in [0.4, 0.5) is 0 Å². The minimum Gasteiger partial charge on any atom is -0.485 e. The Morgan fingerprint density at radius 3 is 2.00 bits per heavy atom. The predicted molar refractivity (Wildman–Crippen MR) is 114 cm³/mol. The summed E-state index contributed by atoms with van der Waals surface area (Å²) < 4.78 is 6.53. The monoisotopic (exact) mass is 352 g/mol. The molecule has 0 aromatic heterocycles. The van der Waals surface area contributed by atoms with Gasteiger partial charge in [0.1, 0.15) is 11.9 Å². The van der Waals surface area contributed by atoms with Gasteiger partial charge >= 0.3 is 0 Å². The summed E-state index contributed by atoms with van der Waals surface area (Å²) in [6.07, 6.45) is 0.981. The zero-order valence-corrected chi connectivity index (χ0v) is 15.9. The number of aryl methyl sites for hydroxylation is 1. The predicted octanol–water partition coefficient (Wildman–Crippen LogP) is 7.35. The number of ether oxygens (including phenoxy) is 1. The molecular formula is C26H24O. The molecular weight excluding hydrogens is 328 g/mol. The quantitative estimate of drug-likeness (QED) is 0.365. The van der Waals surface area contributed by atoms with Gasteiger partial charge in [-0.25, -0.2) is 0 Å². The molecule has 0 aliphatic carbocycles. The van der Waals surface area contributed by atoms with E-state index in [1.807, 2.05) is 6.07 Å². The van der Waals surface area contributed by atoms with Gasteiger partial charge in [-0.3, -0.25) is 0 Å². The molecule has 0 amide bonds. The summed E-state index contributed by atoms with van der Waals surface area (Å²) in [5.41, 5.74) is 4.98. The van der Waals surface area contributed by atoms with Crippen LogP contribution in [-0.2, 0) is 0 Å². The molecule has 0 aliphatic heterocycles. The van der Waals surface area contributed by atoms with E-state index < -0.39 is 0 Å². The second-order valence-electron chi connectivity index (χ2n) is 6.90. The fourth-order valence-electron chi connectivity index (χ4n) is 3.77. The van der Waals surface area contributed by atoms with Gasteiger partial charge in [0.25, 0.3) is 0 Å². The Kier molecular flexibility index (Phi) is 4.93. The van der Waals surface area contributed by atoms with Crippen molar-refractivity contribution in [2.24, 2.45) is 0 Å². The summed E-state index contributed by atoms with van der Waals surface area (Å²) in [7, 11) is 0. The summed E-state index contributed by atoms with van der Waals surface area (Å²) in [5.74, 6) is 0.957. The lowest BCUT2D eigenvalue weighted by molar-refractivity contribution is 0.204. The molecule has 4 rings (SSSR count). The number of rotatable bonds is 5. The van der Waals surface area contributed by atoms with Crippen LogP contribution in [0.1, 0.15) is 30.6 Å². The molecule has 4 aromatic carbocycles. The van der Waals surface area contributed by atoms with Gasteiger partial charge in [-0.1, -0.05) is 91.9 Å². The first-order chi connectivity index (χ1) is 13.3. The Balaban J connectivity index is 1.83. The summed E-state index contributed by atoms with van der Waals surface area (Å²) in [6.45, 7) is 4.34. The van der Waals surface area contributed by atoms with Crippen LogP contribution in [0.3, 0.4) is 0 Å². The maximum atomic E-state index is 6.53. The van der Waals surface area contributed by atoms with Crippen LogP contribution in [-0.4, -0.2) is 0 Å². The summed E-state index contributed by atoms with van der Waals surface area (Å²) >= 11 is 0. The molecule has 1 heteroatoms. The lowest BCUT2D eigenvalue weighted by atomic mass is 9.93. The molecule has 1 unspecified atom stereocenters. The van der Waals surface area contributed by atoms with E-state index in [4.69, 9.17) is 4.74 Å². The van der Waals surface area contributed by atoms with Crippen molar-refractivity contribution in [1.29, 1.82) is 0 Å². The van der Waals surface area contributed by atoms with Crippen molar-refractivity contribution in [3.05, 3.63) is 102 Å². The molecule has 0 saturated heterocycles. The van der Waals surface area contributed by atoms with Gasteiger partial charge in [-0.05, 0) is 47.1 Å². The lowest BCUT2D eigenvalue weighted by Crippen LogP contribution is -2.07. The zero-order valence-electron chi connectivity index (χ0n) is 15.9. The Hall–Kier alpha value is -3.06. The molecule has 0 saturated carbocycles. The number of hydrogen-bond donors (Lipinski definition) is 0. The highest BCUT2D eigenvalue weighted by Crippen LogP contribution is 2.39. The van der Waals surface area contributed by atoms with Crippen LogP contribution < -0.4 is 4.74 Å². The third-order valence-corrected chi connectivity index (χ3v) is 5.08. The number of fused-ring (bicyclic) bond motifs is 1. The zero-order chi connectivity index (χ0) is 18.6. The molecule has 0 bridgehead atoms. The normalized spacial score (nSPS) is 12.1. The first-order valence-electron chi connectivity index (χ1n) is 9.57. The highest BCUT2D eigenvalue weighted by atomic mass is 16.5. The Bertz CT molecular complexity index is 1040. The van der Waals surface area contributed by atoms with Gasteiger partial charge in [0.2, 0.25) is 0 Å². The van der Waals surface area contributed by atoms with E-state index in [1.165, 1.54) is 27.6 Å².